The van der Waals surface area contributed by atoms with E-state index in [1.807, 2.05) is 17.5 Å². The summed E-state index contributed by atoms with van der Waals surface area (Å²) < 4.78 is 0. The highest BCUT2D eigenvalue weighted by atomic mass is 32.1. The van der Waals surface area contributed by atoms with Crippen LogP contribution < -0.4 is 5.32 Å². The highest BCUT2D eigenvalue weighted by Crippen LogP contribution is 2.08. The maximum atomic E-state index is 11.3. The Morgan fingerprint density at radius 1 is 1.67 bits per heavy atom. The van der Waals surface area contributed by atoms with E-state index in [1.54, 1.807) is 11.3 Å². The molecule has 0 aromatic carbocycles. The van der Waals surface area contributed by atoms with Gasteiger partial charge in [0.05, 0.1) is 6.42 Å². The first-order chi connectivity index (χ1) is 7.33. The maximum absolute atomic E-state index is 11.3. The molecule has 0 bridgehead atoms. The van der Waals surface area contributed by atoms with E-state index in [1.165, 1.54) is 0 Å². The molecule has 5 nitrogen and oxygen atoms in total. The molecule has 0 radical (unpaired) electrons. The third-order valence-electron chi connectivity index (χ3n) is 1.74. The van der Waals surface area contributed by atoms with Crippen LogP contribution in [0.5, 0.6) is 0 Å². The lowest BCUT2D eigenvalue weighted by Crippen LogP contribution is -2.26. The molecule has 0 aliphatic rings. The van der Waals surface area contributed by atoms with E-state index in [-0.39, 0.29) is 5.91 Å². The predicted molar refractivity (Wildman–Crippen MR) is 59.7 cm³/mol. The fourth-order valence-corrected chi connectivity index (χ4v) is 1.76. The van der Waals surface area contributed by atoms with Gasteiger partial charge in [-0.3, -0.25) is 4.79 Å². The van der Waals surface area contributed by atoms with Crippen molar-refractivity contribution >= 4 is 17.2 Å². The number of hydrogen-bond acceptors (Lipinski definition) is 3. The first-order valence-corrected chi connectivity index (χ1v) is 5.51. The van der Waals surface area contributed by atoms with E-state index < -0.39 is 0 Å². The molecule has 0 unspecified atom stereocenters. The van der Waals surface area contributed by atoms with Gasteiger partial charge in [-0.15, -0.1) is 11.3 Å². The van der Waals surface area contributed by atoms with Gasteiger partial charge in [0.25, 0.3) is 0 Å². The van der Waals surface area contributed by atoms with Gasteiger partial charge in [-0.05, 0) is 23.4 Å². The Balaban J connectivity index is 2.11. The molecule has 0 spiro atoms. The number of amides is 1. The topological polar surface area (TPSA) is 77.9 Å². The number of thiophene rings is 1. The van der Waals surface area contributed by atoms with E-state index in [0.717, 1.165) is 4.88 Å². The van der Waals surface area contributed by atoms with Crippen molar-refractivity contribution in [3.8, 4) is 0 Å². The Hall–Kier alpha value is -1.52. The van der Waals surface area contributed by atoms with E-state index >= 15 is 0 Å². The standard InChI is InChI=1S/C9H12N4OS/c10-13-12-5-2-4-11-9(14)7-8-3-1-6-15-8/h1,3,6H,2,4-5,7H2,(H,11,14). The summed E-state index contributed by atoms with van der Waals surface area (Å²) in [4.78, 5) is 15.0. The van der Waals surface area contributed by atoms with Crippen molar-refractivity contribution in [3.63, 3.8) is 0 Å². The summed E-state index contributed by atoms with van der Waals surface area (Å²) in [6.07, 6.45) is 1.11. The molecule has 1 amide bonds. The summed E-state index contributed by atoms with van der Waals surface area (Å²) in [6, 6.07) is 3.86. The second kappa shape index (κ2) is 6.86. The highest BCUT2D eigenvalue weighted by molar-refractivity contribution is 7.10. The molecule has 0 saturated carbocycles. The van der Waals surface area contributed by atoms with Crippen LogP contribution in [0.2, 0.25) is 0 Å². The average molecular weight is 224 g/mol. The summed E-state index contributed by atoms with van der Waals surface area (Å²) >= 11 is 1.57. The lowest BCUT2D eigenvalue weighted by Gasteiger charge is -2.01. The van der Waals surface area contributed by atoms with Crippen LogP contribution in [0.25, 0.3) is 10.4 Å². The normalized spacial score (nSPS) is 9.33. The van der Waals surface area contributed by atoms with Crippen molar-refractivity contribution in [1.29, 1.82) is 0 Å². The molecule has 0 aliphatic carbocycles. The van der Waals surface area contributed by atoms with Crippen LogP contribution in [0.4, 0.5) is 0 Å². The van der Waals surface area contributed by atoms with Crippen LogP contribution in [-0.4, -0.2) is 19.0 Å². The molecule has 0 saturated heterocycles. The Morgan fingerprint density at radius 2 is 2.53 bits per heavy atom. The van der Waals surface area contributed by atoms with Crippen molar-refractivity contribution < 1.29 is 4.79 Å². The van der Waals surface area contributed by atoms with Gasteiger partial charge in [0.1, 0.15) is 0 Å². The summed E-state index contributed by atoms with van der Waals surface area (Å²) in [5.41, 5.74) is 8.02. The minimum absolute atomic E-state index is 0.0124. The van der Waals surface area contributed by atoms with Gasteiger partial charge < -0.3 is 5.32 Å². The van der Waals surface area contributed by atoms with Crippen LogP contribution in [0.15, 0.2) is 22.6 Å². The van der Waals surface area contributed by atoms with Gasteiger partial charge in [0.15, 0.2) is 0 Å². The smallest absolute Gasteiger partial charge is 0.225 e. The minimum atomic E-state index is 0.0124. The van der Waals surface area contributed by atoms with Crippen molar-refractivity contribution in [3.05, 3.63) is 32.8 Å². The molecule has 0 fully saturated rings. The van der Waals surface area contributed by atoms with Crippen molar-refractivity contribution in [2.24, 2.45) is 5.11 Å². The fourth-order valence-electron chi connectivity index (χ4n) is 1.06. The molecule has 80 valence electrons. The van der Waals surface area contributed by atoms with E-state index in [0.29, 0.717) is 25.9 Å². The predicted octanol–water partition coefficient (Wildman–Crippen LogP) is 2.11. The molecule has 15 heavy (non-hydrogen) atoms. The molecular weight excluding hydrogens is 212 g/mol. The molecule has 1 rings (SSSR count). The van der Waals surface area contributed by atoms with Crippen LogP contribution in [0.1, 0.15) is 11.3 Å². The molecule has 6 heteroatoms. The van der Waals surface area contributed by atoms with Crippen LogP contribution in [0, 0.1) is 0 Å². The van der Waals surface area contributed by atoms with E-state index in [9.17, 15) is 4.79 Å². The van der Waals surface area contributed by atoms with Crippen LogP contribution in [-0.2, 0) is 11.2 Å². The Labute approximate surface area is 91.7 Å². The zero-order chi connectivity index (χ0) is 10.9. The fraction of sp³-hybridized carbons (Fsp3) is 0.444. The summed E-state index contributed by atoms with van der Waals surface area (Å²) in [6.45, 7) is 0.985. The van der Waals surface area contributed by atoms with Gasteiger partial charge >= 0.3 is 0 Å². The van der Waals surface area contributed by atoms with Gasteiger partial charge in [-0.2, -0.15) is 0 Å². The SMILES string of the molecule is [N-]=[N+]=NCCCNC(=O)Cc1cccs1. The number of hydrogen-bond donors (Lipinski definition) is 1. The zero-order valence-electron chi connectivity index (χ0n) is 8.22. The molecule has 1 heterocycles. The third-order valence-corrected chi connectivity index (χ3v) is 2.61. The molecule has 1 aromatic rings. The number of carbonyl (C=O) groups excluding carboxylic acids is 1. The Kier molecular flexibility index (Phi) is 5.29. The second-order valence-corrected chi connectivity index (χ2v) is 3.95. The Morgan fingerprint density at radius 3 is 3.20 bits per heavy atom. The third kappa shape index (κ3) is 5.05. The lowest BCUT2D eigenvalue weighted by molar-refractivity contribution is -0.120. The molecule has 1 N–H and O–H groups in total. The average Bonchev–Trinajstić information content (AvgIpc) is 2.70. The van der Waals surface area contributed by atoms with Crippen molar-refractivity contribution in [2.45, 2.75) is 12.8 Å². The highest BCUT2D eigenvalue weighted by Gasteiger charge is 2.02. The lowest BCUT2D eigenvalue weighted by atomic mass is 10.3. The number of azide groups is 1. The van der Waals surface area contributed by atoms with Crippen LogP contribution >= 0.6 is 11.3 Å². The molecule has 0 atom stereocenters. The van der Waals surface area contributed by atoms with Gasteiger partial charge in [0.2, 0.25) is 5.91 Å². The number of nitrogens with one attached hydrogen (secondary N) is 1. The Bertz CT molecular complexity index is 343. The summed E-state index contributed by atoms with van der Waals surface area (Å²) in [5, 5.41) is 8.09. The number of rotatable bonds is 6. The zero-order valence-corrected chi connectivity index (χ0v) is 9.04. The first kappa shape index (κ1) is 11.6. The second-order valence-electron chi connectivity index (χ2n) is 2.91. The molecule has 0 aliphatic heterocycles. The molecular formula is C9H12N4OS. The van der Waals surface area contributed by atoms with Gasteiger partial charge in [-0.25, -0.2) is 0 Å². The summed E-state index contributed by atoms with van der Waals surface area (Å²) in [5.74, 6) is 0.0124. The minimum Gasteiger partial charge on any atom is -0.356 e. The molecule has 1 aromatic heterocycles. The van der Waals surface area contributed by atoms with E-state index in [2.05, 4.69) is 15.3 Å². The first-order valence-electron chi connectivity index (χ1n) is 4.63. The summed E-state index contributed by atoms with van der Waals surface area (Å²) in [7, 11) is 0. The maximum Gasteiger partial charge on any atom is 0.225 e. The van der Waals surface area contributed by atoms with Gasteiger partial charge in [-0.1, -0.05) is 11.2 Å². The quantitative estimate of drug-likeness (QED) is 0.341. The van der Waals surface area contributed by atoms with Crippen molar-refractivity contribution in [1.82, 2.24) is 5.32 Å². The number of nitrogens with zero attached hydrogens (tertiary/aromatic N) is 3. The van der Waals surface area contributed by atoms with E-state index in [4.69, 9.17) is 5.53 Å². The van der Waals surface area contributed by atoms with Gasteiger partial charge in [0, 0.05) is 22.9 Å². The van der Waals surface area contributed by atoms with Crippen molar-refractivity contribution in [2.75, 3.05) is 13.1 Å². The van der Waals surface area contributed by atoms with Crippen LogP contribution in [0.3, 0.4) is 0 Å². The number of carbonyl (C=O) groups is 1. The monoisotopic (exact) mass is 224 g/mol. The largest absolute Gasteiger partial charge is 0.356 e.